The molecule has 0 radical (unpaired) electrons. The molecule has 4 aromatic rings. The van der Waals surface area contributed by atoms with Crippen LogP contribution in [-0.2, 0) is 0 Å². The van der Waals surface area contributed by atoms with Crippen LogP contribution in [0.5, 0.6) is 5.75 Å². The minimum atomic E-state index is -0.703. The number of aromatic hydroxyl groups is 1. The number of phenols is 1. The number of nitrogens with zero attached hydrogens (tertiary/aromatic N) is 2. The van der Waals surface area contributed by atoms with E-state index in [1.807, 2.05) is 56.4 Å². The molecular weight excluding hydrogens is 509 g/mol. The van der Waals surface area contributed by atoms with Crippen molar-refractivity contribution in [2.45, 2.75) is 33.2 Å². The van der Waals surface area contributed by atoms with Gasteiger partial charge in [0.25, 0.3) is 0 Å². The summed E-state index contributed by atoms with van der Waals surface area (Å²) in [6.07, 6.45) is 11.7. The Morgan fingerprint density at radius 1 is 1.12 bits per heavy atom. The summed E-state index contributed by atoms with van der Waals surface area (Å²) in [6.45, 7) is 5.80. The van der Waals surface area contributed by atoms with E-state index in [1.54, 1.807) is 19.1 Å². The summed E-state index contributed by atoms with van der Waals surface area (Å²) < 4.78 is 19.8. The van der Waals surface area contributed by atoms with Gasteiger partial charge in [0.2, 0.25) is 0 Å². The number of nitrogen functional groups attached to an aromatic ring is 1. The number of aromatic nitrogens is 2. The fraction of sp³-hybridized carbons (Fsp3) is 0.161. The third-order valence-corrected chi connectivity index (χ3v) is 6.22. The second-order valence-electron chi connectivity index (χ2n) is 8.81. The Bertz CT molecular complexity index is 1700. The van der Waals surface area contributed by atoms with Crippen molar-refractivity contribution < 1.29 is 13.9 Å². The summed E-state index contributed by atoms with van der Waals surface area (Å²) in [5.74, 6) is -0.460. The Labute approximate surface area is 230 Å². The summed E-state index contributed by atoms with van der Waals surface area (Å²) in [6, 6.07) is 9.99. The maximum atomic E-state index is 14.0. The van der Waals surface area contributed by atoms with Crippen molar-refractivity contribution in [3.63, 3.8) is 0 Å². The average molecular weight is 540 g/mol. The zero-order chi connectivity index (χ0) is 28.8. The van der Waals surface area contributed by atoms with E-state index < -0.39 is 17.5 Å². The van der Waals surface area contributed by atoms with E-state index in [0.717, 1.165) is 28.7 Å². The van der Waals surface area contributed by atoms with Gasteiger partial charge < -0.3 is 20.6 Å². The second-order valence-corrected chi connectivity index (χ2v) is 8.81. The van der Waals surface area contributed by atoms with Gasteiger partial charge in [-0.25, -0.2) is 19.2 Å². The van der Waals surface area contributed by atoms with Gasteiger partial charge in [0, 0.05) is 17.2 Å². The van der Waals surface area contributed by atoms with Gasteiger partial charge >= 0.3 is 5.63 Å². The predicted molar refractivity (Wildman–Crippen MR) is 157 cm³/mol. The number of halogens is 1. The number of benzene rings is 2. The fourth-order valence-corrected chi connectivity index (χ4v) is 4.51. The topological polar surface area (TPSA) is 138 Å². The Kier molecular flexibility index (Phi) is 8.54. The van der Waals surface area contributed by atoms with Crippen LogP contribution >= 0.6 is 0 Å². The van der Waals surface area contributed by atoms with Gasteiger partial charge in [-0.2, -0.15) is 0 Å². The number of hydrogen-bond acceptors (Lipinski definition) is 8. The van der Waals surface area contributed by atoms with Gasteiger partial charge in [-0.05, 0) is 42.5 Å². The number of rotatable bonds is 6. The lowest BCUT2D eigenvalue weighted by Gasteiger charge is -2.21. The molecule has 0 spiro atoms. The fourth-order valence-electron chi connectivity index (χ4n) is 4.51. The van der Waals surface area contributed by atoms with Crippen molar-refractivity contribution >= 4 is 33.7 Å². The molecule has 1 aliphatic rings. The van der Waals surface area contributed by atoms with Crippen molar-refractivity contribution in [2.24, 2.45) is 0 Å². The summed E-state index contributed by atoms with van der Waals surface area (Å²) >= 11 is 0. The number of phenolic OH excluding ortho intramolecular Hbond substituents is 1. The maximum Gasteiger partial charge on any atom is 0.343 e. The van der Waals surface area contributed by atoms with Gasteiger partial charge in [0.05, 0.1) is 22.7 Å². The van der Waals surface area contributed by atoms with Crippen molar-refractivity contribution in [2.75, 3.05) is 11.1 Å². The molecule has 9 heteroatoms. The number of nitrogens with two attached hydrogens (primary N) is 1. The van der Waals surface area contributed by atoms with Crippen LogP contribution in [0.2, 0.25) is 0 Å². The van der Waals surface area contributed by atoms with Gasteiger partial charge in [0.15, 0.2) is 0 Å². The van der Waals surface area contributed by atoms with Gasteiger partial charge in [-0.3, -0.25) is 5.41 Å². The minimum Gasteiger partial charge on any atom is -0.508 e. The Morgan fingerprint density at radius 3 is 2.62 bits per heavy atom. The van der Waals surface area contributed by atoms with Crippen LogP contribution in [0.3, 0.4) is 0 Å². The van der Waals surface area contributed by atoms with Crippen molar-refractivity contribution in [1.82, 2.24) is 9.97 Å². The maximum absolute atomic E-state index is 14.0. The van der Waals surface area contributed by atoms with Crippen LogP contribution in [0.15, 0.2) is 88.4 Å². The molecule has 8 nitrogen and oxygen atoms in total. The molecule has 5 N–H and O–H groups in total. The van der Waals surface area contributed by atoms with E-state index in [4.69, 9.17) is 15.6 Å². The zero-order valence-electron chi connectivity index (χ0n) is 22.4. The monoisotopic (exact) mass is 539 g/mol. The number of anilines is 2. The summed E-state index contributed by atoms with van der Waals surface area (Å²) in [4.78, 5) is 21.2. The Balaban J connectivity index is 0.00000181. The smallest absolute Gasteiger partial charge is 0.343 e. The molecule has 0 bridgehead atoms. The molecule has 0 aliphatic heterocycles. The number of nitrogens with one attached hydrogen (secondary N) is 2. The molecule has 0 amide bonds. The molecule has 1 unspecified atom stereocenters. The van der Waals surface area contributed by atoms with Crippen molar-refractivity contribution in [3.8, 4) is 5.75 Å². The first kappa shape index (κ1) is 28.0. The lowest BCUT2D eigenvalue weighted by atomic mass is 9.93. The van der Waals surface area contributed by atoms with E-state index >= 15 is 0 Å². The van der Waals surface area contributed by atoms with Crippen LogP contribution < -0.4 is 16.7 Å². The first-order valence-electron chi connectivity index (χ1n) is 12.9. The first-order valence-corrected chi connectivity index (χ1v) is 12.9. The van der Waals surface area contributed by atoms with Crippen LogP contribution in [0.25, 0.3) is 16.3 Å². The van der Waals surface area contributed by atoms with Crippen LogP contribution in [-0.4, -0.2) is 20.8 Å². The zero-order valence-corrected chi connectivity index (χ0v) is 22.4. The second kappa shape index (κ2) is 12.2. The SMILES string of the molecule is CC.CC(Nc1ncnc(N)c1C(=N)c1cc(O)cc(F)c1)c1oc(=O)c2ccccc2c1C1=CC=CC=CC1. The van der Waals surface area contributed by atoms with Gasteiger partial charge in [0.1, 0.15) is 35.3 Å². The highest BCUT2D eigenvalue weighted by Crippen LogP contribution is 2.35. The summed E-state index contributed by atoms with van der Waals surface area (Å²) in [7, 11) is 0. The van der Waals surface area contributed by atoms with E-state index in [-0.39, 0.29) is 34.2 Å². The molecule has 0 saturated carbocycles. The van der Waals surface area contributed by atoms with Crippen molar-refractivity contribution in [3.05, 3.63) is 118 Å². The molecule has 204 valence electrons. The normalized spacial score (nSPS) is 13.2. The summed E-state index contributed by atoms with van der Waals surface area (Å²) in [5.41, 5.74) is 7.43. The number of fused-ring (bicyclic) bond motifs is 1. The Hall–Kier alpha value is -5.05. The highest BCUT2D eigenvalue weighted by atomic mass is 19.1. The standard InChI is InChI=1S/C29H24FN5O3.C2H6/c1-16(35-28-24(27(32)33-15-34-28)25(31)18-12-19(30)14-20(36)13-18)26-23(17-8-4-2-3-5-9-17)21-10-6-7-11-22(21)29(37)38-26;1-2/h2-8,10-16,31,36H,9H2,1H3,(H3,32,33,34,35);1-2H3. The van der Waals surface area contributed by atoms with E-state index in [2.05, 4.69) is 15.3 Å². The quantitative estimate of drug-likeness (QED) is 0.205. The molecule has 1 atom stereocenters. The minimum absolute atomic E-state index is 0.00890. The number of allylic oxidation sites excluding steroid dienone is 6. The van der Waals surface area contributed by atoms with E-state index in [9.17, 15) is 14.3 Å². The number of hydrogen-bond donors (Lipinski definition) is 4. The highest BCUT2D eigenvalue weighted by Gasteiger charge is 2.24. The van der Waals surface area contributed by atoms with Crippen molar-refractivity contribution in [1.29, 1.82) is 5.41 Å². The third-order valence-electron chi connectivity index (χ3n) is 6.22. The van der Waals surface area contributed by atoms with E-state index in [1.165, 1.54) is 12.4 Å². The first-order chi connectivity index (χ1) is 19.3. The summed E-state index contributed by atoms with van der Waals surface area (Å²) in [5, 5.41) is 23.0. The molecule has 40 heavy (non-hydrogen) atoms. The van der Waals surface area contributed by atoms with Crippen LogP contribution in [0.1, 0.15) is 55.7 Å². The predicted octanol–water partition coefficient (Wildman–Crippen LogP) is 6.52. The molecule has 1 aliphatic carbocycles. The lowest BCUT2D eigenvalue weighted by molar-refractivity contribution is 0.448. The van der Waals surface area contributed by atoms with E-state index in [0.29, 0.717) is 17.6 Å². The molecule has 0 saturated heterocycles. The van der Waals surface area contributed by atoms with Gasteiger partial charge in [-0.15, -0.1) is 0 Å². The average Bonchev–Trinajstić information content (AvgIpc) is 3.23. The molecule has 0 fully saturated rings. The highest BCUT2D eigenvalue weighted by molar-refractivity contribution is 6.16. The molecule has 2 aromatic carbocycles. The molecule has 2 aromatic heterocycles. The van der Waals surface area contributed by atoms with Crippen LogP contribution in [0.4, 0.5) is 16.0 Å². The largest absolute Gasteiger partial charge is 0.508 e. The molecule has 5 rings (SSSR count). The van der Waals surface area contributed by atoms with Gasteiger partial charge in [-0.1, -0.05) is 62.4 Å². The Morgan fingerprint density at radius 2 is 1.88 bits per heavy atom. The van der Waals surface area contributed by atoms with Crippen LogP contribution in [0, 0.1) is 11.2 Å². The lowest BCUT2D eigenvalue weighted by Crippen LogP contribution is -2.18. The molecule has 2 heterocycles. The third kappa shape index (κ3) is 5.68. The molecular formula is C31H30FN5O3.